The van der Waals surface area contributed by atoms with Gasteiger partial charge in [0, 0.05) is 19.2 Å². The third-order valence-corrected chi connectivity index (χ3v) is 5.57. The van der Waals surface area contributed by atoms with E-state index in [-0.39, 0.29) is 11.3 Å². The van der Waals surface area contributed by atoms with Gasteiger partial charge in [0.2, 0.25) is 0 Å². The van der Waals surface area contributed by atoms with E-state index >= 15 is 0 Å². The fraction of sp³-hybridized carbons (Fsp3) is 0.391. The summed E-state index contributed by atoms with van der Waals surface area (Å²) >= 11 is 0. The van der Waals surface area contributed by atoms with Crippen molar-refractivity contribution >= 4 is 17.4 Å². The average molecular weight is 428 g/mol. The first-order valence-electron chi connectivity index (χ1n) is 10.2. The van der Waals surface area contributed by atoms with Gasteiger partial charge in [-0.1, -0.05) is 13.8 Å². The maximum Gasteiger partial charge on any atom is 0.295 e. The molecule has 0 aliphatic carbocycles. The van der Waals surface area contributed by atoms with Gasteiger partial charge >= 0.3 is 0 Å². The normalized spacial score (nSPS) is 18.1. The van der Waals surface area contributed by atoms with Crippen LogP contribution >= 0.6 is 0 Å². The molecule has 0 saturated carbocycles. The molecule has 2 heterocycles. The summed E-state index contributed by atoms with van der Waals surface area (Å²) in [5.74, 6) is -0.462. The minimum Gasteiger partial charge on any atom is -0.507 e. The van der Waals surface area contributed by atoms with Crippen LogP contribution in [-0.2, 0) is 9.59 Å². The second-order valence-corrected chi connectivity index (χ2v) is 7.10. The molecule has 1 atom stereocenters. The molecule has 31 heavy (non-hydrogen) atoms. The van der Waals surface area contributed by atoms with Crippen LogP contribution in [0, 0.1) is 0 Å². The van der Waals surface area contributed by atoms with Gasteiger partial charge < -0.3 is 28.8 Å². The third-order valence-electron chi connectivity index (χ3n) is 5.57. The molecule has 1 amide bonds. The lowest BCUT2D eigenvalue weighted by Crippen LogP contribution is -2.37. The van der Waals surface area contributed by atoms with Crippen molar-refractivity contribution in [1.82, 2.24) is 9.80 Å². The van der Waals surface area contributed by atoms with E-state index in [1.807, 2.05) is 13.8 Å². The number of amides is 1. The number of carbonyl (C=O) groups excluding carboxylic acids is 2. The standard InChI is InChI=1S/C23H28N2O6/c1-5-24(6-2)11-12-25-20(17-8-7-13-31-17)19(22(27)23(25)28)21(26)16-10-9-15(29-3)14-18(16)30-4/h7-10,13-14,20,26H,5-6,11-12H2,1-4H3/b21-19-. The summed E-state index contributed by atoms with van der Waals surface area (Å²) in [5, 5.41) is 11.1. The van der Waals surface area contributed by atoms with Crippen LogP contribution < -0.4 is 9.47 Å². The topological polar surface area (TPSA) is 92.5 Å². The molecule has 1 N–H and O–H groups in total. The summed E-state index contributed by atoms with van der Waals surface area (Å²) in [7, 11) is 2.98. The lowest BCUT2D eigenvalue weighted by Gasteiger charge is -2.26. The molecule has 0 spiro atoms. The number of ether oxygens (including phenoxy) is 2. The van der Waals surface area contributed by atoms with Crippen LogP contribution in [0.5, 0.6) is 11.5 Å². The molecule has 166 valence electrons. The van der Waals surface area contributed by atoms with Crippen LogP contribution in [0.25, 0.3) is 5.76 Å². The monoisotopic (exact) mass is 428 g/mol. The first-order chi connectivity index (χ1) is 15.0. The van der Waals surface area contributed by atoms with Crippen molar-refractivity contribution in [3.05, 3.63) is 53.5 Å². The number of rotatable bonds is 9. The molecular weight excluding hydrogens is 400 g/mol. The third kappa shape index (κ3) is 4.29. The molecule has 1 aliphatic rings. The predicted octanol–water partition coefficient (Wildman–Crippen LogP) is 3.06. The van der Waals surface area contributed by atoms with E-state index in [1.165, 1.54) is 25.4 Å². The summed E-state index contributed by atoms with van der Waals surface area (Å²) in [6, 6.07) is 7.41. The second kappa shape index (κ2) is 9.70. The van der Waals surface area contributed by atoms with E-state index < -0.39 is 17.7 Å². The Labute approximate surface area is 181 Å². The summed E-state index contributed by atoms with van der Waals surface area (Å²) in [5.41, 5.74) is 0.268. The van der Waals surface area contributed by atoms with E-state index in [2.05, 4.69) is 4.90 Å². The molecule has 2 aromatic rings. The number of nitrogens with zero attached hydrogens (tertiary/aromatic N) is 2. The van der Waals surface area contributed by atoms with Crippen molar-refractivity contribution in [1.29, 1.82) is 0 Å². The molecule has 8 heteroatoms. The number of furan rings is 1. The molecule has 1 aromatic carbocycles. The van der Waals surface area contributed by atoms with Crippen molar-refractivity contribution in [3.8, 4) is 11.5 Å². The number of ketones is 1. The van der Waals surface area contributed by atoms with Crippen molar-refractivity contribution in [2.24, 2.45) is 0 Å². The quantitative estimate of drug-likeness (QED) is 0.373. The Morgan fingerprint density at radius 1 is 1.16 bits per heavy atom. The summed E-state index contributed by atoms with van der Waals surface area (Å²) in [6.45, 7) is 6.66. The maximum atomic E-state index is 13.0. The van der Waals surface area contributed by atoms with Crippen LogP contribution in [0.4, 0.5) is 0 Å². The van der Waals surface area contributed by atoms with Gasteiger partial charge in [-0.05, 0) is 37.4 Å². The molecule has 0 radical (unpaired) electrons. The lowest BCUT2D eigenvalue weighted by atomic mass is 9.98. The molecule has 1 aromatic heterocycles. The molecule has 1 saturated heterocycles. The average Bonchev–Trinajstić information content (AvgIpc) is 3.41. The number of carbonyl (C=O) groups is 2. The Morgan fingerprint density at radius 3 is 2.48 bits per heavy atom. The first kappa shape index (κ1) is 22.4. The SMILES string of the molecule is CCN(CC)CCN1C(=O)C(=O)/C(=C(\O)c2ccc(OC)cc2OC)C1c1ccco1. The van der Waals surface area contributed by atoms with Gasteiger partial charge in [0.1, 0.15) is 29.1 Å². The van der Waals surface area contributed by atoms with Gasteiger partial charge in [-0.15, -0.1) is 0 Å². The Balaban J connectivity index is 2.09. The molecule has 0 bridgehead atoms. The number of hydrogen-bond donors (Lipinski definition) is 1. The van der Waals surface area contributed by atoms with E-state index in [4.69, 9.17) is 13.9 Å². The largest absolute Gasteiger partial charge is 0.507 e. The van der Waals surface area contributed by atoms with Gasteiger partial charge in [0.25, 0.3) is 11.7 Å². The zero-order valence-electron chi connectivity index (χ0n) is 18.3. The molecular formula is C23H28N2O6. The number of aliphatic hydroxyl groups excluding tert-OH is 1. The molecule has 8 nitrogen and oxygen atoms in total. The van der Waals surface area contributed by atoms with Crippen molar-refractivity contribution in [2.45, 2.75) is 19.9 Å². The van der Waals surface area contributed by atoms with Gasteiger partial charge in [-0.2, -0.15) is 0 Å². The van der Waals surface area contributed by atoms with E-state index in [0.29, 0.717) is 35.9 Å². The van der Waals surface area contributed by atoms with Crippen LogP contribution in [0.1, 0.15) is 31.2 Å². The lowest BCUT2D eigenvalue weighted by molar-refractivity contribution is -0.140. The minimum atomic E-state index is -0.822. The maximum absolute atomic E-state index is 13.0. The van der Waals surface area contributed by atoms with Gasteiger partial charge in [0.05, 0.1) is 31.6 Å². The highest BCUT2D eigenvalue weighted by Gasteiger charge is 2.47. The van der Waals surface area contributed by atoms with E-state index in [9.17, 15) is 14.7 Å². The van der Waals surface area contributed by atoms with Gasteiger partial charge in [-0.3, -0.25) is 9.59 Å². The van der Waals surface area contributed by atoms with Gasteiger partial charge in [-0.25, -0.2) is 0 Å². The van der Waals surface area contributed by atoms with Crippen LogP contribution in [-0.4, -0.2) is 67.0 Å². The Morgan fingerprint density at radius 2 is 1.90 bits per heavy atom. The molecule has 1 aliphatic heterocycles. The highest BCUT2D eigenvalue weighted by molar-refractivity contribution is 6.46. The number of likely N-dealkylation sites (tertiary alicyclic amines) is 1. The smallest absolute Gasteiger partial charge is 0.295 e. The fourth-order valence-electron chi connectivity index (χ4n) is 3.78. The van der Waals surface area contributed by atoms with Crippen LogP contribution in [0.3, 0.4) is 0 Å². The molecule has 3 rings (SSSR count). The fourth-order valence-corrected chi connectivity index (χ4v) is 3.78. The highest BCUT2D eigenvalue weighted by atomic mass is 16.5. The van der Waals surface area contributed by atoms with Crippen LogP contribution in [0.2, 0.25) is 0 Å². The van der Waals surface area contributed by atoms with Crippen molar-refractivity contribution < 1.29 is 28.6 Å². The first-order valence-corrected chi connectivity index (χ1v) is 10.2. The molecule has 1 fully saturated rings. The number of benzene rings is 1. The number of methoxy groups -OCH3 is 2. The summed E-state index contributed by atoms with van der Waals surface area (Å²) in [4.78, 5) is 29.6. The Hall–Kier alpha value is -3.26. The number of aliphatic hydroxyl groups is 1. The van der Waals surface area contributed by atoms with E-state index in [0.717, 1.165) is 13.1 Å². The predicted molar refractivity (Wildman–Crippen MR) is 115 cm³/mol. The van der Waals surface area contributed by atoms with Crippen molar-refractivity contribution in [2.75, 3.05) is 40.4 Å². The summed E-state index contributed by atoms with van der Waals surface area (Å²) in [6.07, 6.45) is 1.48. The second-order valence-electron chi connectivity index (χ2n) is 7.10. The number of likely N-dealkylation sites (N-methyl/N-ethyl adjacent to an activating group) is 1. The number of Topliss-reactive ketones (excluding diaryl/α,β-unsaturated/α-hetero) is 1. The minimum absolute atomic E-state index is 0.0250. The molecule has 1 unspecified atom stereocenters. The zero-order valence-corrected chi connectivity index (χ0v) is 18.3. The zero-order chi connectivity index (χ0) is 22.5. The Kier molecular flexibility index (Phi) is 7.02. The van der Waals surface area contributed by atoms with Crippen LogP contribution in [0.15, 0.2) is 46.6 Å². The van der Waals surface area contributed by atoms with Crippen molar-refractivity contribution in [3.63, 3.8) is 0 Å². The number of hydrogen-bond acceptors (Lipinski definition) is 7. The van der Waals surface area contributed by atoms with Gasteiger partial charge in [0.15, 0.2) is 0 Å². The Bertz CT molecular complexity index is 962. The highest BCUT2D eigenvalue weighted by Crippen LogP contribution is 2.41. The summed E-state index contributed by atoms with van der Waals surface area (Å²) < 4.78 is 16.1. The van der Waals surface area contributed by atoms with E-state index in [1.54, 1.807) is 30.3 Å².